The van der Waals surface area contributed by atoms with Gasteiger partial charge in [-0.15, -0.1) is 0 Å². The lowest BCUT2D eigenvalue weighted by molar-refractivity contribution is 0.746. The molecule has 19 aromatic carbocycles. The monoisotopic (exact) mass is 1540 g/mol. The van der Waals surface area contributed by atoms with Crippen molar-refractivity contribution in [1.82, 2.24) is 18.3 Å². The average Bonchev–Trinajstić information content (AvgIpc) is 1.22. The fourth-order valence-electron chi connectivity index (χ4n) is 19.0. The molecule has 4 heterocycles. The molecule has 0 atom stereocenters. The minimum Gasteiger partial charge on any atom is -0.309 e. The maximum atomic E-state index is 7.68. The van der Waals surface area contributed by atoms with Crippen LogP contribution < -0.4 is 0 Å². The topological polar surface area (TPSA) is 24.1 Å². The van der Waals surface area contributed by atoms with Crippen molar-refractivity contribution in [1.29, 1.82) is 0 Å². The summed E-state index contributed by atoms with van der Waals surface area (Å²) in [6.07, 6.45) is 0. The number of para-hydroxylation sites is 5. The summed E-state index contributed by atoms with van der Waals surface area (Å²) >= 11 is 0. The molecule has 0 aliphatic rings. The third-order valence-electron chi connectivity index (χ3n) is 24.6. The molecule has 0 aliphatic carbocycles. The van der Waals surface area contributed by atoms with Gasteiger partial charge in [0.1, 0.15) is 0 Å². The van der Waals surface area contributed by atoms with Crippen LogP contribution in [-0.2, 0) is 5.41 Å². The summed E-state index contributed by atoms with van der Waals surface area (Å²) < 4.78 is 9.47. The van der Waals surface area contributed by atoms with Gasteiger partial charge in [-0.25, -0.2) is 4.85 Å². The second-order valence-electron chi connectivity index (χ2n) is 31.4. The summed E-state index contributed by atoms with van der Waals surface area (Å²) in [6, 6.07) is 169. The molecular weight excluding hydrogens is 1460 g/mol. The Labute approximate surface area is 702 Å². The highest BCUT2D eigenvalue weighted by atomic mass is 15.0. The van der Waals surface area contributed by atoms with Crippen LogP contribution >= 0.6 is 0 Å². The fraction of sp³-hybridized carbons (Fsp3) is 0.00862. The number of nitrogens with zero attached hydrogens (tertiary/aromatic N) is 5. The zero-order chi connectivity index (χ0) is 80.3. The van der Waals surface area contributed by atoms with Gasteiger partial charge >= 0.3 is 0 Å². The molecule has 0 bridgehead atoms. The molecule has 0 amide bonds. The van der Waals surface area contributed by atoms with Gasteiger partial charge in [0.05, 0.1) is 56.1 Å². The van der Waals surface area contributed by atoms with Crippen molar-refractivity contribution in [3.63, 3.8) is 0 Å². The molecule has 4 aromatic heterocycles. The van der Waals surface area contributed by atoms with Gasteiger partial charge in [0.2, 0.25) is 0 Å². The molecule has 121 heavy (non-hydrogen) atoms. The Morgan fingerprint density at radius 2 is 0.397 bits per heavy atom. The number of aromatic nitrogens is 4. The standard InChI is InChI=1S/C67H46N2.C49H31N3/c1-6-20-47(21-7-1)51-42-52(44-56(43-51)67(53-22-8-2-9-23-53,54-24-10-3-11-25-54)55-26-12-4-13-27-55)48-34-38-58(39-35-48)69-64-33-19-17-31-60(64)62-46-50(37-41-66(62)69)49-36-40-65-61(45-49)59-30-16-18-32-63(59)68(65)57-28-14-5-15-29-57;1-50-39-23-28-49-45(32-39)44-31-38(22-27-48(44)51(49)40-15-6-3-7-16-40)37-21-26-47-43(30-37)42-17-8-9-18-46(42)52(47)41-24-19-34(20-25-41)36-14-10-13-35(29-36)33-11-4-2-5-12-33/h1-46H;2-32H. The largest absolute Gasteiger partial charge is 0.309 e. The van der Waals surface area contributed by atoms with Gasteiger partial charge in [-0.1, -0.05) is 315 Å². The Balaban J connectivity index is 0.000000151. The summed E-state index contributed by atoms with van der Waals surface area (Å²) in [5.74, 6) is 0. The van der Waals surface area contributed by atoms with Gasteiger partial charge in [-0.05, 0) is 246 Å². The van der Waals surface area contributed by atoms with E-state index < -0.39 is 5.41 Å². The van der Waals surface area contributed by atoms with Gasteiger partial charge in [0, 0.05) is 60.5 Å². The molecule has 23 aromatic rings. The molecule has 566 valence electrons. The van der Waals surface area contributed by atoms with E-state index in [9.17, 15) is 0 Å². The minimum atomic E-state index is -0.585. The van der Waals surface area contributed by atoms with E-state index in [0.29, 0.717) is 5.69 Å². The van der Waals surface area contributed by atoms with Crippen LogP contribution in [0.25, 0.3) is 182 Å². The first-order valence-electron chi connectivity index (χ1n) is 41.4. The summed E-state index contributed by atoms with van der Waals surface area (Å²) in [5.41, 5.74) is 33.1. The number of hydrogen-bond donors (Lipinski definition) is 0. The van der Waals surface area contributed by atoms with Crippen LogP contribution in [0.2, 0.25) is 0 Å². The highest BCUT2D eigenvalue weighted by Gasteiger charge is 2.39. The van der Waals surface area contributed by atoms with Crippen molar-refractivity contribution < 1.29 is 0 Å². The predicted octanol–water partition coefficient (Wildman–Crippen LogP) is 30.7. The van der Waals surface area contributed by atoms with Crippen LogP contribution in [0.15, 0.2) is 467 Å². The van der Waals surface area contributed by atoms with E-state index in [0.717, 1.165) is 55.6 Å². The quantitative estimate of drug-likeness (QED) is 0.0766. The molecule has 0 saturated carbocycles. The van der Waals surface area contributed by atoms with Crippen molar-refractivity contribution in [2.24, 2.45) is 0 Å². The number of rotatable bonds is 14. The van der Waals surface area contributed by atoms with Crippen LogP contribution in [0.1, 0.15) is 22.3 Å². The van der Waals surface area contributed by atoms with Crippen LogP contribution in [0.4, 0.5) is 5.69 Å². The smallest absolute Gasteiger partial charge is 0.188 e. The van der Waals surface area contributed by atoms with Crippen molar-refractivity contribution in [3.8, 4) is 89.5 Å². The van der Waals surface area contributed by atoms with Crippen LogP contribution in [0, 0.1) is 6.57 Å². The predicted molar refractivity (Wildman–Crippen MR) is 507 cm³/mol. The van der Waals surface area contributed by atoms with E-state index in [1.54, 1.807) is 0 Å². The third-order valence-corrected chi connectivity index (χ3v) is 24.6. The van der Waals surface area contributed by atoms with E-state index in [1.807, 2.05) is 18.2 Å². The molecule has 0 saturated heterocycles. The molecule has 0 N–H and O–H groups in total. The maximum absolute atomic E-state index is 7.68. The lowest BCUT2D eigenvalue weighted by Crippen LogP contribution is -2.31. The van der Waals surface area contributed by atoms with Gasteiger partial charge in [0.15, 0.2) is 5.69 Å². The Morgan fingerprint density at radius 1 is 0.157 bits per heavy atom. The number of fused-ring (bicyclic) bond motifs is 12. The van der Waals surface area contributed by atoms with Crippen molar-refractivity contribution in [2.75, 3.05) is 0 Å². The Morgan fingerprint density at radius 3 is 0.760 bits per heavy atom. The van der Waals surface area contributed by atoms with Gasteiger partial charge < -0.3 is 18.3 Å². The van der Waals surface area contributed by atoms with Crippen LogP contribution in [0.5, 0.6) is 0 Å². The van der Waals surface area contributed by atoms with Gasteiger partial charge in [0.25, 0.3) is 0 Å². The van der Waals surface area contributed by atoms with Crippen molar-refractivity contribution in [3.05, 3.63) is 501 Å². The SMILES string of the molecule is [C-]#[N+]c1ccc2c(c1)c1cc(-c3ccc4c(c3)c3ccccc3n4-c3ccc(-c4cccc(-c5ccccc5)c4)cc3)ccc1n2-c1ccccc1.c1ccc(-c2cc(-c3ccc(-n4c5ccccc5c5cc(-c6ccc7c(c6)c6ccccc6n7-c6ccccc6)ccc54)cc3)cc(C(c3ccccc3)(c3ccccc3)c3ccccc3)c2)cc1. The molecule has 0 aliphatic heterocycles. The first-order chi connectivity index (χ1) is 59.9. The van der Waals surface area contributed by atoms with E-state index in [-0.39, 0.29) is 0 Å². The normalized spacial score (nSPS) is 11.6. The van der Waals surface area contributed by atoms with Crippen molar-refractivity contribution >= 4 is 92.9 Å². The molecule has 0 spiro atoms. The molecule has 0 radical (unpaired) electrons. The Hall–Kier alpha value is -16.1. The second-order valence-corrected chi connectivity index (χ2v) is 31.4. The summed E-state index contributed by atoms with van der Waals surface area (Å²) in [6.45, 7) is 7.68. The first-order valence-corrected chi connectivity index (χ1v) is 41.4. The van der Waals surface area contributed by atoms with Gasteiger partial charge in [-0.2, -0.15) is 0 Å². The van der Waals surface area contributed by atoms with Gasteiger partial charge in [-0.3, -0.25) is 0 Å². The highest BCUT2D eigenvalue weighted by molar-refractivity contribution is 6.15. The second kappa shape index (κ2) is 30.2. The number of hydrogen-bond acceptors (Lipinski definition) is 0. The molecule has 0 fully saturated rings. The Bertz CT molecular complexity index is 7800. The van der Waals surface area contributed by atoms with E-state index in [2.05, 4.69) is 472 Å². The molecular formula is C116H77N5. The minimum absolute atomic E-state index is 0.585. The molecule has 0 unspecified atom stereocenters. The van der Waals surface area contributed by atoms with Crippen molar-refractivity contribution in [2.45, 2.75) is 5.41 Å². The average molecular weight is 1540 g/mol. The highest BCUT2D eigenvalue weighted by Crippen LogP contribution is 2.49. The Kier molecular flexibility index (Phi) is 17.8. The van der Waals surface area contributed by atoms with E-state index >= 15 is 0 Å². The summed E-state index contributed by atoms with van der Waals surface area (Å²) in [7, 11) is 0. The molecule has 5 nitrogen and oxygen atoms in total. The van der Waals surface area contributed by atoms with Crippen LogP contribution in [-0.4, -0.2) is 18.3 Å². The zero-order valence-electron chi connectivity index (χ0n) is 66.2. The molecule has 23 rings (SSSR count). The van der Waals surface area contributed by atoms with E-state index in [4.69, 9.17) is 6.57 Å². The summed E-state index contributed by atoms with van der Waals surface area (Å²) in [4.78, 5) is 3.75. The van der Waals surface area contributed by atoms with E-state index in [1.165, 1.54) is 143 Å². The summed E-state index contributed by atoms with van der Waals surface area (Å²) in [5, 5.41) is 9.64. The van der Waals surface area contributed by atoms with Crippen LogP contribution in [0.3, 0.4) is 0 Å². The first kappa shape index (κ1) is 71.4. The third kappa shape index (κ3) is 12.5. The lowest BCUT2D eigenvalue weighted by Gasteiger charge is -2.37. The zero-order valence-corrected chi connectivity index (χ0v) is 66.2. The molecule has 5 heteroatoms. The lowest BCUT2D eigenvalue weighted by atomic mass is 9.64. The maximum Gasteiger partial charge on any atom is 0.188 e. The fourth-order valence-corrected chi connectivity index (χ4v) is 19.0. The number of benzene rings is 19.